The maximum atomic E-state index is 11.7. The van der Waals surface area contributed by atoms with Crippen molar-refractivity contribution in [2.24, 2.45) is 5.16 Å². The van der Waals surface area contributed by atoms with Gasteiger partial charge in [0.1, 0.15) is 0 Å². The van der Waals surface area contributed by atoms with E-state index in [1.165, 1.54) is 0 Å². The van der Waals surface area contributed by atoms with Crippen LogP contribution < -0.4 is 5.32 Å². The number of nitrogens with zero attached hydrogens (tertiary/aromatic N) is 1. The molecule has 0 atom stereocenters. The van der Waals surface area contributed by atoms with E-state index < -0.39 is 0 Å². The summed E-state index contributed by atoms with van der Waals surface area (Å²) < 4.78 is 0. The second kappa shape index (κ2) is 7.07. The molecule has 20 heavy (non-hydrogen) atoms. The number of hydrogen-bond donors (Lipinski definition) is 1. The van der Waals surface area contributed by atoms with Gasteiger partial charge in [0.2, 0.25) is 0 Å². The number of oxime groups is 1. The molecule has 0 saturated carbocycles. The minimum absolute atomic E-state index is 0.159. The molecule has 4 nitrogen and oxygen atoms in total. The Balaban J connectivity index is 1.84. The van der Waals surface area contributed by atoms with Gasteiger partial charge in [-0.15, -0.1) is 11.3 Å². The number of carbonyl (C=O) groups is 1. The molecule has 1 amide bonds. The summed E-state index contributed by atoms with van der Waals surface area (Å²) in [5.41, 5.74) is 1.30. The average molecular weight is 309 g/mol. The van der Waals surface area contributed by atoms with Gasteiger partial charge < -0.3 is 10.2 Å². The third-order valence-electron chi connectivity index (χ3n) is 2.42. The maximum Gasteiger partial charge on any atom is 0.265 e. The van der Waals surface area contributed by atoms with E-state index in [9.17, 15) is 4.79 Å². The molecule has 104 valence electrons. The Morgan fingerprint density at radius 3 is 2.85 bits per heavy atom. The van der Waals surface area contributed by atoms with Gasteiger partial charge in [-0.2, -0.15) is 0 Å². The molecule has 0 aliphatic rings. The highest BCUT2D eigenvalue weighted by Crippen LogP contribution is 2.20. The quantitative estimate of drug-likeness (QED) is 0.675. The lowest BCUT2D eigenvalue weighted by molar-refractivity contribution is -0.120. The number of anilines is 1. The van der Waals surface area contributed by atoms with Crippen LogP contribution in [0.25, 0.3) is 0 Å². The first kappa shape index (κ1) is 14.6. The summed E-state index contributed by atoms with van der Waals surface area (Å²) in [4.78, 5) is 17.7. The van der Waals surface area contributed by atoms with Gasteiger partial charge in [-0.25, -0.2) is 0 Å². The third-order valence-corrected chi connectivity index (χ3v) is 3.73. The normalized spacial score (nSPS) is 11.2. The van der Waals surface area contributed by atoms with Crippen molar-refractivity contribution < 1.29 is 9.63 Å². The molecule has 1 aromatic heterocycles. The predicted molar refractivity (Wildman–Crippen MR) is 82.6 cm³/mol. The van der Waals surface area contributed by atoms with E-state index in [4.69, 9.17) is 16.4 Å². The molecule has 0 aliphatic heterocycles. The fourth-order valence-corrected chi connectivity index (χ4v) is 2.32. The van der Waals surface area contributed by atoms with Crippen molar-refractivity contribution >= 4 is 40.2 Å². The minimum atomic E-state index is -0.305. The monoisotopic (exact) mass is 308 g/mol. The number of para-hydroxylation sites is 1. The lowest BCUT2D eigenvalue weighted by Crippen LogP contribution is -2.17. The number of amides is 1. The van der Waals surface area contributed by atoms with Gasteiger partial charge in [0.25, 0.3) is 5.91 Å². The SMILES string of the molecule is C/C(=N\OCC(=O)Nc1ccccc1Cl)c1cccs1. The standard InChI is InChI=1S/C14H13ClN2O2S/c1-10(13-7-4-8-20-13)17-19-9-14(18)16-12-6-3-2-5-11(12)15/h2-8H,9H2,1H3,(H,16,18)/b17-10+. The van der Waals surface area contributed by atoms with Crippen molar-refractivity contribution in [1.82, 2.24) is 0 Å². The largest absolute Gasteiger partial charge is 0.385 e. The van der Waals surface area contributed by atoms with Gasteiger partial charge in [0.15, 0.2) is 6.61 Å². The van der Waals surface area contributed by atoms with Crippen molar-refractivity contribution in [2.45, 2.75) is 6.92 Å². The second-order valence-corrected chi connectivity index (χ2v) is 5.31. The van der Waals surface area contributed by atoms with Crippen molar-refractivity contribution in [3.63, 3.8) is 0 Å². The number of carbonyl (C=O) groups excluding carboxylic acids is 1. The van der Waals surface area contributed by atoms with Crippen molar-refractivity contribution in [2.75, 3.05) is 11.9 Å². The van der Waals surface area contributed by atoms with E-state index >= 15 is 0 Å². The Labute approximate surface area is 126 Å². The Morgan fingerprint density at radius 1 is 1.35 bits per heavy atom. The van der Waals surface area contributed by atoms with E-state index in [-0.39, 0.29) is 12.5 Å². The minimum Gasteiger partial charge on any atom is -0.385 e. The number of thiophene rings is 1. The van der Waals surface area contributed by atoms with E-state index in [1.54, 1.807) is 35.6 Å². The molecule has 1 heterocycles. The van der Waals surface area contributed by atoms with Gasteiger partial charge in [0, 0.05) is 0 Å². The third kappa shape index (κ3) is 4.08. The smallest absolute Gasteiger partial charge is 0.265 e. The van der Waals surface area contributed by atoms with Crippen LogP contribution in [0.5, 0.6) is 0 Å². The van der Waals surface area contributed by atoms with Crippen LogP contribution in [0.15, 0.2) is 46.9 Å². The first-order valence-corrected chi connectivity index (χ1v) is 7.17. The summed E-state index contributed by atoms with van der Waals surface area (Å²) in [6.45, 7) is 1.67. The Morgan fingerprint density at radius 2 is 2.15 bits per heavy atom. The fraction of sp³-hybridized carbons (Fsp3) is 0.143. The number of hydrogen-bond acceptors (Lipinski definition) is 4. The number of rotatable bonds is 5. The van der Waals surface area contributed by atoms with Crippen molar-refractivity contribution in [3.05, 3.63) is 51.7 Å². The van der Waals surface area contributed by atoms with Gasteiger partial charge in [-0.3, -0.25) is 4.79 Å². The van der Waals surface area contributed by atoms with Crippen LogP contribution in [0.4, 0.5) is 5.69 Å². The molecule has 2 rings (SSSR count). The molecule has 0 saturated heterocycles. The first-order valence-electron chi connectivity index (χ1n) is 5.91. The highest BCUT2D eigenvalue weighted by Gasteiger charge is 2.06. The summed E-state index contributed by atoms with van der Waals surface area (Å²) in [5.74, 6) is -0.305. The molecule has 0 spiro atoms. The molecule has 6 heteroatoms. The van der Waals surface area contributed by atoms with Crippen LogP contribution in [0.2, 0.25) is 5.02 Å². The van der Waals surface area contributed by atoms with Gasteiger partial charge in [0.05, 0.1) is 21.3 Å². The summed E-state index contributed by atoms with van der Waals surface area (Å²) in [5, 5.41) is 9.00. The Hall–Kier alpha value is -1.85. The first-order chi connectivity index (χ1) is 9.66. The molecular formula is C14H13ClN2O2S. The zero-order valence-electron chi connectivity index (χ0n) is 10.8. The van der Waals surface area contributed by atoms with Crippen LogP contribution in [-0.4, -0.2) is 18.2 Å². The lowest BCUT2D eigenvalue weighted by Gasteiger charge is -2.06. The highest BCUT2D eigenvalue weighted by atomic mass is 35.5. The number of benzene rings is 1. The Bertz CT molecular complexity index is 611. The van der Waals surface area contributed by atoms with E-state index in [1.807, 2.05) is 24.4 Å². The highest BCUT2D eigenvalue weighted by molar-refractivity contribution is 7.12. The summed E-state index contributed by atoms with van der Waals surface area (Å²) in [7, 11) is 0. The molecule has 1 aromatic carbocycles. The zero-order chi connectivity index (χ0) is 14.4. The topological polar surface area (TPSA) is 50.7 Å². The van der Waals surface area contributed by atoms with Gasteiger partial charge >= 0.3 is 0 Å². The summed E-state index contributed by atoms with van der Waals surface area (Å²) >= 11 is 7.50. The van der Waals surface area contributed by atoms with E-state index in [0.29, 0.717) is 10.7 Å². The fourth-order valence-electron chi connectivity index (χ4n) is 1.47. The van der Waals surface area contributed by atoms with Crippen molar-refractivity contribution in [3.8, 4) is 0 Å². The van der Waals surface area contributed by atoms with Crippen LogP contribution in [0, 0.1) is 0 Å². The van der Waals surface area contributed by atoms with Gasteiger partial charge in [-0.05, 0) is 30.5 Å². The summed E-state index contributed by atoms with van der Waals surface area (Å²) in [6, 6.07) is 10.9. The van der Waals surface area contributed by atoms with Crippen LogP contribution in [0.3, 0.4) is 0 Å². The number of nitrogens with one attached hydrogen (secondary N) is 1. The zero-order valence-corrected chi connectivity index (χ0v) is 12.4. The predicted octanol–water partition coefficient (Wildman–Crippen LogP) is 3.78. The molecule has 0 fully saturated rings. The van der Waals surface area contributed by atoms with Crippen LogP contribution in [0.1, 0.15) is 11.8 Å². The molecule has 0 unspecified atom stereocenters. The van der Waals surface area contributed by atoms with Gasteiger partial charge in [-0.1, -0.05) is 35.0 Å². The summed E-state index contributed by atoms with van der Waals surface area (Å²) in [6.07, 6.45) is 0. The average Bonchev–Trinajstić information content (AvgIpc) is 2.95. The lowest BCUT2D eigenvalue weighted by atomic mass is 10.3. The molecule has 0 bridgehead atoms. The molecular weight excluding hydrogens is 296 g/mol. The van der Waals surface area contributed by atoms with Crippen LogP contribution in [-0.2, 0) is 9.63 Å². The maximum absolute atomic E-state index is 11.7. The molecule has 2 aromatic rings. The molecule has 0 aliphatic carbocycles. The molecule has 0 radical (unpaired) electrons. The van der Waals surface area contributed by atoms with Crippen LogP contribution >= 0.6 is 22.9 Å². The number of halogens is 1. The molecule has 1 N–H and O–H groups in total. The van der Waals surface area contributed by atoms with E-state index in [0.717, 1.165) is 10.6 Å². The van der Waals surface area contributed by atoms with Crippen molar-refractivity contribution in [1.29, 1.82) is 0 Å². The second-order valence-electron chi connectivity index (χ2n) is 3.96. The Kier molecular flexibility index (Phi) is 5.15. The van der Waals surface area contributed by atoms with E-state index in [2.05, 4.69) is 10.5 Å².